The topological polar surface area (TPSA) is 83.4 Å². The molecule has 1 N–H and O–H groups in total. The highest BCUT2D eigenvalue weighted by Gasteiger charge is 2.46. The molecule has 0 fully saturated rings. The van der Waals surface area contributed by atoms with Gasteiger partial charge in [0.05, 0.1) is 16.5 Å². The molecule has 0 saturated heterocycles. The molecule has 1 aliphatic rings. The zero-order valence-electron chi connectivity index (χ0n) is 13.9. The smallest absolute Gasteiger partial charge is 0.296 e. The molecule has 136 valence electrons. The molecule has 0 radical (unpaired) electrons. The second-order valence-electron chi connectivity index (χ2n) is 5.80. The number of carbonyl (C=O) groups excluding carboxylic acids is 2. The van der Waals surface area contributed by atoms with Crippen LogP contribution >= 0.6 is 38.6 Å². The molecule has 9 heteroatoms. The Kier molecular flexibility index (Phi) is 4.67. The Hall–Kier alpha value is -2.36. The highest BCUT2D eigenvalue weighted by Crippen LogP contribution is 2.43. The molecule has 1 aromatic carbocycles. The number of aromatic nitrogens is 2. The van der Waals surface area contributed by atoms with Crippen molar-refractivity contribution in [2.75, 3.05) is 4.90 Å². The van der Waals surface area contributed by atoms with E-state index in [4.69, 9.17) is 0 Å². The molecule has 0 spiro atoms. The Morgan fingerprint density at radius 1 is 1.22 bits per heavy atom. The molecule has 1 aliphatic heterocycles. The third-order valence-electron chi connectivity index (χ3n) is 4.10. The second-order valence-corrected chi connectivity index (χ2v) is 8.83. The van der Waals surface area contributed by atoms with Gasteiger partial charge in [-0.2, -0.15) is 0 Å². The number of benzene rings is 1. The minimum absolute atomic E-state index is 0.0534. The first-order valence-corrected chi connectivity index (χ1v) is 10.4. The van der Waals surface area contributed by atoms with Gasteiger partial charge in [0.2, 0.25) is 10.9 Å². The lowest BCUT2D eigenvalue weighted by Gasteiger charge is -2.24. The third-order valence-corrected chi connectivity index (χ3v) is 6.34. The van der Waals surface area contributed by atoms with Crippen molar-refractivity contribution in [3.8, 4) is 0 Å². The number of hydrogen-bond acceptors (Lipinski definition) is 7. The molecule has 1 unspecified atom stereocenters. The van der Waals surface area contributed by atoms with Gasteiger partial charge in [-0.25, -0.2) is 0 Å². The summed E-state index contributed by atoms with van der Waals surface area (Å²) in [5, 5.41) is 21.4. The van der Waals surface area contributed by atoms with Gasteiger partial charge < -0.3 is 5.11 Å². The zero-order valence-corrected chi connectivity index (χ0v) is 17.1. The molecule has 0 bridgehead atoms. The number of anilines is 1. The van der Waals surface area contributed by atoms with Crippen molar-refractivity contribution in [1.29, 1.82) is 0 Å². The normalized spacial score (nSPS) is 17.0. The number of aryl methyl sites for hydroxylation is 1. The molecule has 0 saturated carbocycles. The number of rotatable bonds is 4. The fourth-order valence-corrected chi connectivity index (χ4v) is 4.58. The van der Waals surface area contributed by atoms with Crippen molar-refractivity contribution in [3.05, 3.63) is 73.0 Å². The van der Waals surface area contributed by atoms with Crippen molar-refractivity contribution in [2.45, 2.75) is 13.0 Å². The number of aliphatic hydroxyl groups excluding tert-OH is 1. The fourth-order valence-electron chi connectivity index (χ4n) is 2.92. The predicted octanol–water partition coefficient (Wildman–Crippen LogP) is 4.45. The van der Waals surface area contributed by atoms with Crippen LogP contribution < -0.4 is 4.90 Å². The van der Waals surface area contributed by atoms with E-state index >= 15 is 0 Å². The molecule has 6 nitrogen and oxygen atoms in total. The van der Waals surface area contributed by atoms with Gasteiger partial charge in [-0.05, 0) is 36.1 Å². The summed E-state index contributed by atoms with van der Waals surface area (Å²) >= 11 is 5.88. The average molecular weight is 462 g/mol. The van der Waals surface area contributed by atoms with Gasteiger partial charge in [-0.1, -0.05) is 45.5 Å². The molecule has 3 aromatic rings. The molecule has 2 aromatic heterocycles. The minimum atomic E-state index is -0.771. The van der Waals surface area contributed by atoms with E-state index in [2.05, 4.69) is 26.1 Å². The van der Waals surface area contributed by atoms with Gasteiger partial charge in [0, 0.05) is 4.47 Å². The van der Waals surface area contributed by atoms with Crippen molar-refractivity contribution in [2.24, 2.45) is 0 Å². The Labute approximate surface area is 170 Å². The second kappa shape index (κ2) is 6.99. The summed E-state index contributed by atoms with van der Waals surface area (Å²) in [4.78, 5) is 27.7. The van der Waals surface area contributed by atoms with E-state index in [1.165, 1.54) is 27.6 Å². The average Bonchev–Trinajstić information content (AvgIpc) is 3.37. The van der Waals surface area contributed by atoms with E-state index in [1.54, 1.807) is 24.4 Å². The fraction of sp³-hybridized carbons (Fsp3) is 0.111. The van der Waals surface area contributed by atoms with Crippen LogP contribution in [0.5, 0.6) is 0 Å². The quantitative estimate of drug-likeness (QED) is 0.580. The summed E-state index contributed by atoms with van der Waals surface area (Å²) in [6.07, 6.45) is 0. The molecule has 1 atom stereocenters. The van der Waals surface area contributed by atoms with Crippen LogP contribution in [0.2, 0.25) is 0 Å². The van der Waals surface area contributed by atoms with Gasteiger partial charge in [-0.3, -0.25) is 14.5 Å². The van der Waals surface area contributed by atoms with E-state index in [-0.39, 0.29) is 11.4 Å². The first kappa shape index (κ1) is 18.0. The van der Waals surface area contributed by atoms with Gasteiger partial charge in [-0.15, -0.1) is 21.5 Å². The molecule has 27 heavy (non-hydrogen) atoms. The number of carbonyl (C=O) groups is 2. The lowest BCUT2D eigenvalue weighted by atomic mass is 9.96. The number of nitrogens with zero attached hydrogens (tertiary/aromatic N) is 3. The number of amides is 1. The maximum atomic E-state index is 13.1. The number of hydrogen-bond donors (Lipinski definition) is 1. The van der Waals surface area contributed by atoms with Crippen LogP contribution in [0.1, 0.15) is 26.3 Å². The van der Waals surface area contributed by atoms with Gasteiger partial charge >= 0.3 is 0 Å². The van der Waals surface area contributed by atoms with Crippen molar-refractivity contribution >= 4 is 55.4 Å². The highest BCUT2D eigenvalue weighted by atomic mass is 79.9. The molecular formula is C18H12BrN3O3S2. The molecule has 4 rings (SSSR count). The van der Waals surface area contributed by atoms with Gasteiger partial charge in [0.15, 0.2) is 5.76 Å². The maximum Gasteiger partial charge on any atom is 0.296 e. The number of halogens is 1. The van der Waals surface area contributed by atoms with E-state index in [1.807, 2.05) is 24.3 Å². The molecule has 0 aliphatic carbocycles. The Morgan fingerprint density at radius 2 is 1.96 bits per heavy atom. The predicted molar refractivity (Wildman–Crippen MR) is 107 cm³/mol. The van der Waals surface area contributed by atoms with E-state index < -0.39 is 17.7 Å². The van der Waals surface area contributed by atoms with Crippen molar-refractivity contribution in [3.63, 3.8) is 0 Å². The Morgan fingerprint density at radius 3 is 2.56 bits per heavy atom. The van der Waals surface area contributed by atoms with Gasteiger partial charge in [0.1, 0.15) is 5.01 Å². The zero-order chi connectivity index (χ0) is 19.1. The summed E-state index contributed by atoms with van der Waals surface area (Å²) in [5.74, 6) is -1.57. The lowest BCUT2D eigenvalue weighted by molar-refractivity contribution is -0.117. The Balaban J connectivity index is 1.88. The van der Waals surface area contributed by atoms with E-state index in [0.29, 0.717) is 20.6 Å². The minimum Gasteiger partial charge on any atom is -0.503 e. The third kappa shape index (κ3) is 3.11. The summed E-state index contributed by atoms with van der Waals surface area (Å²) in [6, 6.07) is 9.93. The van der Waals surface area contributed by atoms with Crippen molar-refractivity contribution < 1.29 is 14.7 Å². The van der Waals surface area contributed by atoms with Crippen LogP contribution in [0, 0.1) is 6.92 Å². The first-order chi connectivity index (χ1) is 13.0. The molecule has 3 heterocycles. The summed E-state index contributed by atoms with van der Waals surface area (Å²) < 4.78 is 0.869. The number of aliphatic hydroxyl groups is 1. The number of Topliss-reactive ketones (excluding diaryl/α,β-unsaturated/α-hetero) is 1. The van der Waals surface area contributed by atoms with Crippen LogP contribution in [0.25, 0.3) is 0 Å². The summed E-state index contributed by atoms with van der Waals surface area (Å²) in [6.45, 7) is 1.78. The largest absolute Gasteiger partial charge is 0.503 e. The highest BCUT2D eigenvalue weighted by molar-refractivity contribution is 9.10. The number of ketones is 1. The monoisotopic (exact) mass is 461 g/mol. The number of thiophene rings is 1. The standard InChI is InChI=1S/C18H12BrN3O3S2/c1-9-20-21-18(27-9)22-14(10-4-6-11(19)7-5-10)13(16(24)17(22)25)15(23)12-3-2-8-26-12/h2-8,14,24H,1H3. The SMILES string of the molecule is Cc1nnc(N2C(=O)C(O)=C(C(=O)c3cccs3)C2c2ccc(Br)cc2)s1. The van der Waals surface area contributed by atoms with Crippen LogP contribution in [-0.2, 0) is 4.79 Å². The molecule has 1 amide bonds. The Bertz CT molecular complexity index is 1060. The summed E-state index contributed by atoms with van der Waals surface area (Å²) in [7, 11) is 0. The van der Waals surface area contributed by atoms with Gasteiger partial charge in [0.25, 0.3) is 5.91 Å². The lowest BCUT2D eigenvalue weighted by Crippen LogP contribution is -2.31. The first-order valence-electron chi connectivity index (χ1n) is 7.88. The maximum absolute atomic E-state index is 13.1. The van der Waals surface area contributed by atoms with E-state index in [0.717, 1.165) is 4.47 Å². The van der Waals surface area contributed by atoms with Crippen LogP contribution in [0.3, 0.4) is 0 Å². The van der Waals surface area contributed by atoms with Crippen LogP contribution in [0.15, 0.2) is 57.6 Å². The van der Waals surface area contributed by atoms with E-state index in [9.17, 15) is 14.7 Å². The summed E-state index contributed by atoms with van der Waals surface area (Å²) in [5.41, 5.74) is 0.751. The van der Waals surface area contributed by atoms with Crippen LogP contribution in [-0.4, -0.2) is 27.0 Å². The van der Waals surface area contributed by atoms with Crippen molar-refractivity contribution in [1.82, 2.24) is 10.2 Å². The van der Waals surface area contributed by atoms with Crippen LogP contribution in [0.4, 0.5) is 5.13 Å². The molecular weight excluding hydrogens is 450 g/mol.